The number of phenols is 1. The summed E-state index contributed by atoms with van der Waals surface area (Å²) in [5.74, 6) is -0.547. The van der Waals surface area contributed by atoms with Crippen LogP contribution in [0.2, 0.25) is 5.02 Å². The zero-order valence-corrected chi connectivity index (χ0v) is 23.4. The minimum Gasteiger partial charge on any atom is -0.508 e. The SMILES string of the molecule is C=CC(=O)N1CCN(c2snc3c(F)c(-c4cc(O)cc(C)c4/C=C\C)c(Cl)cc23)CC1.CC.CC. The van der Waals surface area contributed by atoms with Crippen molar-refractivity contribution < 1.29 is 14.3 Å². The maximum atomic E-state index is 15.8. The van der Waals surface area contributed by atoms with Gasteiger partial charge in [-0.05, 0) is 66.3 Å². The van der Waals surface area contributed by atoms with Gasteiger partial charge < -0.3 is 14.9 Å². The molecule has 0 saturated carbocycles. The van der Waals surface area contributed by atoms with E-state index in [9.17, 15) is 9.90 Å². The van der Waals surface area contributed by atoms with Gasteiger partial charge in [-0.15, -0.1) is 0 Å². The summed E-state index contributed by atoms with van der Waals surface area (Å²) in [6.07, 6.45) is 5.06. The Hall–Kier alpha value is -2.90. The number of carbonyl (C=O) groups excluding carboxylic acids is 1. The molecule has 1 aliphatic heterocycles. The standard InChI is InChI=1S/C24H23ClFN3O2S.2C2H6/c1-4-6-16-14(3)11-15(30)12-17(16)21-19(25)13-18-23(22(21)26)27-32-24(18)29-9-7-28(8-10-29)20(31)5-2;2*1-2/h4-6,11-13,30H,2,7-10H2,1,3H3;2*1-2H3/b6-4-;;. The molecule has 1 aromatic heterocycles. The number of allylic oxidation sites excluding steroid dienone is 1. The fraction of sp³-hybridized carbons (Fsp3) is 0.357. The van der Waals surface area contributed by atoms with E-state index in [1.165, 1.54) is 23.7 Å². The number of aromatic hydroxyl groups is 1. The summed E-state index contributed by atoms with van der Waals surface area (Å²) < 4.78 is 20.2. The summed E-state index contributed by atoms with van der Waals surface area (Å²) in [4.78, 5) is 15.7. The minimum atomic E-state index is -0.508. The lowest BCUT2D eigenvalue weighted by Gasteiger charge is -2.34. The third kappa shape index (κ3) is 5.90. The number of piperazine rings is 1. The quantitative estimate of drug-likeness (QED) is 0.350. The van der Waals surface area contributed by atoms with Crippen LogP contribution in [0.25, 0.3) is 28.1 Å². The highest BCUT2D eigenvalue weighted by molar-refractivity contribution is 7.11. The molecule has 0 unspecified atom stereocenters. The molecule has 0 aliphatic carbocycles. The summed E-state index contributed by atoms with van der Waals surface area (Å²) in [6, 6.07) is 4.91. The Morgan fingerprint density at radius 3 is 2.39 bits per heavy atom. The van der Waals surface area contributed by atoms with Crippen molar-refractivity contribution >= 4 is 51.0 Å². The van der Waals surface area contributed by atoms with Gasteiger partial charge in [-0.2, -0.15) is 4.37 Å². The van der Waals surface area contributed by atoms with Crippen molar-refractivity contribution in [3.8, 4) is 16.9 Å². The van der Waals surface area contributed by atoms with E-state index in [0.717, 1.165) is 16.1 Å². The highest BCUT2D eigenvalue weighted by Crippen LogP contribution is 2.43. The summed E-state index contributed by atoms with van der Waals surface area (Å²) in [5.41, 5.74) is 2.62. The van der Waals surface area contributed by atoms with Crippen LogP contribution < -0.4 is 4.90 Å². The van der Waals surface area contributed by atoms with Gasteiger partial charge in [0.25, 0.3) is 0 Å². The lowest BCUT2D eigenvalue weighted by atomic mass is 9.94. The number of nitrogens with zero attached hydrogens (tertiary/aromatic N) is 3. The first-order valence-electron chi connectivity index (χ1n) is 12.3. The number of amides is 1. The van der Waals surface area contributed by atoms with E-state index in [-0.39, 0.29) is 27.8 Å². The molecule has 2 aromatic carbocycles. The predicted molar refractivity (Wildman–Crippen MR) is 153 cm³/mol. The van der Waals surface area contributed by atoms with Crippen LogP contribution in [-0.2, 0) is 4.79 Å². The predicted octanol–water partition coefficient (Wildman–Crippen LogP) is 7.69. The van der Waals surface area contributed by atoms with Crippen LogP contribution in [0.4, 0.5) is 9.39 Å². The Morgan fingerprint density at radius 2 is 1.81 bits per heavy atom. The van der Waals surface area contributed by atoms with Crippen molar-refractivity contribution in [2.24, 2.45) is 0 Å². The Kier molecular flexibility index (Phi) is 10.9. The molecule has 1 aliphatic rings. The second kappa shape index (κ2) is 13.4. The number of anilines is 1. The Labute approximate surface area is 222 Å². The van der Waals surface area contributed by atoms with E-state index in [1.54, 1.807) is 17.0 Å². The van der Waals surface area contributed by atoms with Gasteiger partial charge in [0.15, 0.2) is 5.82 Å². The number of hydrogen-bond acceptors (Lipinski definition) is 5. The molecule has 8 heteroatoms. The van der Waals surface area contributed by atoms with Crippen molar-refractivity contribution in [3.63, 3.8) is 0 Å². The molecule has 1 saturated heterocycles. The number of rotatable bonds is 4. The first-order chi connectivity index (χ1) is 17.3. The van der Waals surface area contributed by atoms with Gasteiger partial charge in [0.1, 0.15) is 16.3 Å². The van der Waals surface area contributed by atoms with Gasteiger partial charge in [0, 0.05) is 37.1 Å². The smallest absolute Gasteiger partial charge is 0.246 e. The molecular formula is C28H35ClFN3O2S. The molecule has 3 aromatic rings. The zero-order valence-electron chi connectivity index (χ0n) is 21.9. The topological polar surface area (TPSA) is 56.7 Å². The van der Waals surface area contributed by atoms with Crippen LogP contribution in [-0.4, -0.2) is 46.5 Å². The lowest BCUT2D eigenvalue weighted by Crippen LogP contribution is -2.48. The lowest BCUT2D eigenvalue weighted by molar-refractivity contribution is -0.126. The largest absolute Gasteiger partial charge is 0.508 e. The number of benzene rings is 2. The number of hydrogen-bond donors (Lipinski definition) is 1. The molecule has 0 spiro atoms. The van der Waals surface area contributed by atoms with Crippen molar-refractivity contribution in [2.45, 2.75) is 41.5 Å². The third-order valence-electron chi connectivity index (χ3n) is 5.67. The monoisotopic (exact) mass is 531 g/mol. The molecule has 194 valence electrons. The molecule has 1 amide bonds. The molecule has 4 rings (SSSR count). The number of phenolic OH excluding ortho intramolecular Hbond substituents is 1. The van der Waals surface area contributed by atoms with E-state index in [4.69, 9.17) is 11.6 Å². The Bertz CT molecular complexity index is 1250. The van der Waals surface area contributed by atoms with Crippen LogP contribution in [0, 0.1) is 12.7 Å². The van der Waals surface area contributed by atoms with Gasteiger partial charge in [-0.25, -0.2) is 4.39 Å². The van der Waals surface area contributed by atoms with Crippen LogP contribution in [0.5, 0.6) is 5.75 Å². The van der Waals surface area contributed by atoms with Crippen molar-refractivity contribution in [1.82, 2.24) is 9.27 Å². The second-order valence-electron chi connectivity index (χ2n) is 7.67. The molecule has 0 radical (unpaired) electrons. The van der Waals surface area contributed by atoms with Gasteiger partial charge in [0.05, 0.1) is 5.02 Å². The molecule has 2 heterocycles. The number of fused-ring (bicyclic) bond motifs is 1. The Balaban J connectivity index is 0.00000109. The van der Waals surface area contributed by atoms with Gasteiger partial charge >= 0.3 is 0 Å². The average Bonchev–Trinajstić information content (AvgIpc) is 3.32. The van der Waals surface area contributed by atoms with E-state index < -0.39 is 5.82 Å². The van der Waals surface area contributed by atoms with Gasteiger partial charge in [0.2, 0.25) is 5.91 Å². The maximum Gasteiger partial charge on any atom is 0.246 e. The maximum absolute atomic E-state index is 15.8. The van der Waals surface area contributed by atoms with Crippen LogP contribution in [0.15, 0.2) is 36.9 Å². The normalized spacial score (nSPS) is 13.2. The highest BCUT2D eigenvalue weighted by atomic mass is 35.5. The first-order valence-corrected chi connectivity index (χ1v) is 13.4. The summed E-state index contributed by atoms with van der Waals surface area (Å²) in [5, 5.41) is 11.9. The number of aryl methyl sites for hydroxylation is 1. The van der Waals surface area contributed by atoms with Crippen molar-refractivity contribution in [1.29, 1.82) is 0 Å². The van der Waals surface area contributed by atoms with Crippen molar-refractivity contribution in [2.75, 3.05) is 31.1 Å². The summed E-state index contributed by atoms with van der Waals surface area (Å²) in [7, 11) is 0. The first kappa shape index (κ1) is 29.3. The average molecular weight is 532 g/mol. The van der Waals surface area contributed by atoms with E-state index in [1.807, 2.05) is 53.7 Å². The number of carbonyl (C=O) groups is 1. The molecule has 1 N–H and O–H groups in total. The van der Waals surface area contributed by atoms with E-state index in [0.29, 0.717) is 37.1 Å². The Morgan fingerprint density at radius 1 is 1.17 bits per heavy atom. The van der Waals surface area contributed by atoms with Crippen LogP contribution in [0.1, 0.15) is 45.7 Å². The molecular weight excluding hydrogens is 497 g/mol. The fourth-order valence-electron chi connectivity index (χ4n) is 4.11. The number of aromatic nitrogens is 1. The molecule has 0 bridgehead atoms. The summed E-state index contributed by atoms with van der Waals surface area (Å²) in [6.45, 7) is 17.6. The third-order valence-corrected chi connectivity index (χ3v) is 6.90. The molecule has 5 nitrogen and oxygen atoms in total. The fourth-order valence-corrected chi connectivity index (χ4v) is 5.31. The minimum absolute atomic E-state index is 0.0484. The van der Waals surface area contributed by atoms with Gasteiger partial charge in [-0.3, -0.25) is 4.79 Å². The zero-order chi connectivity index (χ0) is 27.0. The highest BCUT2D eigenvalue weighted by Gasteiger charge is 2.26. The van der Waals surface area contributed by atoms with Crippen LogP contribution >= 0.6 is 23.1 Å². The molecule has 1 fully saturated rings. The van der Waals surface area contributed by atoms with Gasteiger partial charge in [-0.1, -0.05) is 58.0 Å². The van der Waals surface area contributed by atoms with E-state index >= 15 is 4.39 Å². The summed E-state index contributed by atoms with van der Waals surface area (Å²) >= 11 is 7.84. The van der Waals surface area contributed by atoms with Crippen molar-refractivity contribution in [3.05, 3.63) is 58.9 Å². The second-order valence-corrected chi connectivity index (χ2v) is 8.83. The molecule has 0 atom stereocenters. The van der Waals surface area contributed by atoms with E-state index in [2.05, 4.69) is 15.9 Å². The molecule has 36 heavy (non-hydrogen) atoms. The van der Waals surface area contributed by atoms with Crippen LogP contribution in [0.3, 0.4) is 0 Å². The number of halogens is 2.